The van der Waals surface area contributed by atoms with E-state index in [1.807, 2.05) is 23.1 Å². The summed E-state index contributed by atoms with van der Waals surface area (Å²) in [4.78, 5) is 25.4. The molecule has 10 heteroatoms. The van der Waals surface area contributed by atoms with Crippen LogP contribution in [0, 0.1) is 5.82 Å². The lowest BCUT2D eigenvalue weighted by Crippen LogP contribution is -2.49. The van der Waals surface area contributed by atoms with Crippen LogP contribution < -0.4 is 4.90 Å². The van der Waals surface area contributed by atoms with Gasteiger partial charge in [-0.1, -0.05) is 35.5 Å². The smallest absolute Gasteiger partial charge is 0.232 e. The first kappa shape index (κ1) is 21.3. The number of hydrogen-bond acceptors (Lipinski definition) is 7. The van der Waals surface area contributed by atoms with Crippen LogP contribution in [-0.2, 0) is 10.5 Å². The van der Waals surface area contributed by atoms with Gasteiger partial charge in [0.2, 0.25) is 5.91 Å². The molecule has 0 aliphatic carbocycles. The lowest BCUT2D eigenvalue weighted by Gasteiger charge is -2.35. The lowest BCUT2D eigenvalue weighted by molar-refractivity contribution is -0.128. The number of benzene rings is 2. The number of nitrogens with zero attached hydrogens (tertiary/aromatic N) is 7. The quantitative estimate of drug-likeness (QED) is 0.435. The van der Waals surface area contributed by atoms with Gasteiger partial charge < -0.3 is 9.80 Å². The fourth-order valence-corrected chi connectivity index (χ4v) is 4.70. The molecule has 168 valence electrons. The van der Waals surface area contributed by atoms with E-state index in [4.69, 9.17) is 0 Å². The van der Waals surface area contributed by atoms with Gasteiger partial charge in [0, 0.05) is 31.9 Å². The van der Waals surface area contributed by atoms with Crippen LogP contribution in [0.25, 0.3) is 16.9 Å². The number of carbonyl (C=O) groups excluding carboxylic acids is 1. The van der Waals surface area contributed by atoms with Crippen molar-refractivity contribution in [3.63, 3.8) is 0 Å². The van der Waals surface area contributed by atoms with Gasteiger partial charge in [0.1, 0.15) is 12.1 Å². The largest absolute Gasteiger partial charge is 0.351 e. The molecule has 1 saturated heterocycles. The number of thioether (sulfide) groups is 1. The zero-order chi connectivity index (χ0) is 22.6. The monoisotopic (exact) mass is 463 g/mol. The molecule has 0 radical (unpaired) electrons. The minimum atomic E-state index is -0.315. The van der Waals surface area contributed by atoms with Gasteiger partial charge >= 0.3 is 0 Å². The van der Waals surface area contributed by atoms with Crippen LogP contribution in [0.3, 0.4) is 0 Å². The summed E-state index contributed by atoms with van der Waals surface area (Å²) >= 11 is 1.64. The number of aromatic nitrogens is 5. The minimum absolute atomic E-state index is 0.158. The van der Waals surface area contributed by atoms with Crippen LogP contribution in [0.4, 0.5) is 10.2 Å². The molecule has 0 atom stereocenters. The van der Waals surface area contributed by atoms with E-state index in [1.165, 1.54) is 24.0 Å². The zero-order valence-corrected chi connectivity index (χ0v) is 18.7. The standard InChI is InChI=1S/C23H22FN7OS/c24-18-6-8-19(9-7-18)31-23-21(27-28-31)22(25-16-26-23)30-12-10-29(11-13-30)20(32)15-33-14-17-4-2-1-3-5-17/h1-9,16H,10-15H2. The molecule has 2 aromatic carbocycles. The molecular weight excluding hydrogens is 441 g/mol. The maximum absolute atomic E-state index is 13.3. The Balaban J connectivity index is 1.22. The average molecular weight is 464 g/mol. The second-order valence-electron chi connectivity index (χ2n) is 7.69. The summed E-state index contributed by atoms with van der Waals surface area (Å²) in [6.45, 7) is 2.57. The van der Waals surface area contributed by atoms with Gasteiger partial charge in [-0.3, -0.25) is 4.79 Å². The maximum atomic E-state index is 13.3. The Hall–Kier alpha value is -3.53. The second kappa shape index (κ2) is 9.53. The summed E-state index contributed by atoms with van der Waals surface area (Å²) < 4.78 is 14.9. The first-order valence-electron chi connectivity index (χ1n) is 10.7. The molecule has 1 aliphatic rings. The summed E-state index contributed by atoms with van der Waals surface area (Å²) in [6, 6.07) is 16.2. The average Bonchev–Trinajstić information content (AvgIpc) is 3.30. The topological polar surface area (TPSA) is 80.0 Å². The van der Waals surface area contributed by atoms with E-state index in [0.717, 1.165) is 5.75 Å². The van der Waals surface area contributed by atoms with E-state index in [0.29, 0.717) is 54.6 Å². The highest BCUT2D eigenvalue weighted by Crippen LogP contribution is 2.24. The van der Waals surface area contributed by atoms with Gasteiger partial charge in [0.25, 0.3) is 0 Å². The van der Waals surface area contributed by atoms with Crippen LogP contribution >= 0.6 is 11.8 Å². The van der Waals surface area contributed by atoms with E-state index in [1.54, 1.807) is 28.6 Å². The van der Waals surface area contributed by atoms with Gasteiger partial charge in [0.15, 0.2) is 17.0 Å². The minimum Gasteiger partial charge on any atom is -0.351 e. The Morgan fingerprint density at radius 3 is 2.48 bits per heavy atom. The number of rotatable bonds is 6. The van der Waals surface area contributed by atoms with Crippen molar-refractivity contribution >= 4 is 34.7 Å². The van der Waals surface area contributed by atoms with Gasteiger partial charge in [-0.25, -0.2) is 14.4 Å². The molecule has 1 fully saturated rings. The van der Waals surface area contributed by atoms with Crippen LogP contribution in [-0.4, -0.2) is 67.7 Å². The first-order valence-corrected chi connectivity index (χ1v) is 11.8. The molecule has 0 saturated carbocycles. The van der Waals surface area contributed by atoms with E-state index in [2.05, 4.69) is 37.3 Å². The maximum Gasteiger partial charge on any atom is 0.232 e. The predicted molar refractivity (Wildman–Crippen MR) is 126 cm³/mol. The number of amides is 1. The van der Waals surface area contributed by atoms with Crippen molar-refractivity contribution in [2.75, 3.05) is 36.8 Å². The molecule has 5 rings (SSSR count). The van der Waals surface area contributed by atoms with Crippen molar-refractivity contribution in [2.24, 2.45) is 0 Å². The molecule has 0 bridgehead atoms. The molecule has 4 aromatic rings. The Bertz CT molecular complexity index is 1240. The van der Waals surface area contributed by atoms with Crippen molar-refractivity contribution in [1.29, 1.82) is 0 Å². The fourth-order valence-electron chi connectivity index (χ4n) is 3.81. The van der Waals surface area contributed by atoms with Gasteiger partial charge in [0.05, 0.1) is 11.4 Å². The Kier molecular flexibility index (Phi) is 6.16. The molecular formula is C23H22FN7OS. The highest BCUT2D eigenvalue weighted by atomic mass is 32.2. The number of halogens is 1. The molecule has 3 heterocycles. The van der Waals surface area contributed by atoms with Crippen LogP contribution in [0.5, 0.6) is 0 Å². The molecule has 8 nitrogen and oxygen atoms in total. The van der Waals surface area contributed by atoms with Crippen LogP contribution in [0.2, 0.25) is 0 Å². The molecule has 0 N–H and O–H groups in total. The van der Waals surface area contributed by atoms with Crippen molar-refractivity contribution in [3.05, 3.63) is 72.3 Å². The Morgan fingerprint density at radius 2 is 1.73 bits per heavy atom. The van der Waals surface area contributed by atoms with Crippen LogP contribution in [0.1, 0.15) is 5.56 Å². The lowest BCUT2D eigenvalue weighted by atomic mass is 10.2. The third kappa shape index (κ3) is 4.65. The van der Waals surface area contributed by atoms with Crippen LogP contribution in [0.15, 0.2) is 60.9 Å². The van der Waals surface area contributed by atoms with E-state index in [9.17, 15) is 9.18 Å². The third-order valence-corrected chi connectivity index (χ3v) is 6.55. The Morgan fingerprint density at radius 1 is 0.970 bits per heavy atom. The molecule has 1 amide bonds. The number of hydrogen-bond donors (Lipinski definition) is 0. The van der Waals surface area contributed by atoms with Crippen molar-refractivity contribution in [2.45, 2.75) is 5.75 Å². The third-order valence-electron chi connectivity index (χ3n) is 5.56. The number of anilines is 1. The number of carbonyl (C=O) groups is 1. The van der Waals surface area contributed by atoms with Gasteiger partial charge in [-0.05, 0) is 29.8 Å². The summed E-state index contributed by atoms with van der Waals surface area (Å²) in [7, 11) is 0. The van der Waals surface area contributed by atoms with Gasteiger partial charge in [-0.2, -0.15) is 4.68 Å². The number of fused-ring (bicyclic) bond motifs is 1. The molecule has 1 aliphatic heterocycles. The summed E-state index contributed by atoms with van der Waals surface area (Å²) in [5.74, 6) is 1.84. The van der Waals surface area contributed by atoms with E-state index >= 15 is 0 Å². The fraction of sp³-hybridized carbons (Fsp3) is 0.261. The predicted octanol–water partition coefficient (Wildman–Crippen LogP) is 2.93. The molecule has 33 heavy (non-hydrogen) atoms. The van der Waals surface area contributed by atoms with E-state index in [-0.39, 0.29) is 11.7 Å². The van der Waals surface area contributed by atoms with Crippen molar-refractivity contribution in [3.8, 4) is 5.69 Å². The SMILES string of the molecule is O=C(CSCc1ccccc1)N1CCN(c2ncnc3c2nnn3-c2ccc(F)cc2)CC1. The van der Waals surface area contributed by atoms with Crippen molar-refractivity contribution < 1.29 is 9.18 Å². The van der Waals surface area contributed by atoms with Gasteiger partial charge in [-0.15, -0.1) is 16.9 Å². The molecule has 2 aromatic heterocycles. The summed E-state index contributed by atoms with van der Waals surface area (Å²) in [5.41, 5.74) is 3.04. The van der Waals surface area contributed by atoms with E-state index < -0.39 is 0 Å². The number of piperazine rings is 1. The first-order chi connectivity index (χ1) is 16.2. The summed E-state index contributed by atoms with van der Waals surface area (Å²) in [5, 5.41) is 8.49. The summed E-state index contributed by atoms with van der Waals surface area (Å²) in [6.07, 6.45) is 1.48. The van der Waals surface area contributed by atoms with Crippen molar-refractivity contribution in [1.82, 2.24) is 29.9 Å². The molecule has 0 spiro atoms. The molecule has 0 unspecified atom stereocenters. The highest BCUT2D eigenvalue weighted by Gasteiger charge is 2.24. The normalized spacial score (nSPS) is 14.1. The second-order valence-corrected chi connectivity index (χ2v) is 8.68. The highest BCUT2D eigenvalue weighted by molar-refractivity contribution is 7.99. The zero-order valence-electron chi connectivity index (χ0n) is 17.8. The Labute approximate surface area is 194 Å².